The minimum absolute atomic E-state index is 0.360. The van der Waals surface area contributed by atoms with Gasteiger partial charge in [0, 0.05) is 13.1 Å². The maximum atomic E-state index is 11.7. The number of likely N-dealkylation sites (N-methyl/N-ethyl adjacent to an activating group) is 1. The fourth-order valence-electron chi connectivity index (χ4n) is 1.24. The van der Waals surface area contributed by atoms with Crippen molar-refractivity contribution in [1.82, 2.24) is 10.2 Å². The number of nitrogens with zero attached hydrogens (tertiary/aromatic N) is 1. The largest absolute Gasteiger partial charge is 0.480 e. The number of hydrogen-bond donors (Lipinski definition) is 2. The molecule has 0 aromatic rings. The van der Waals surface area contributed by atoms with Crippen molar-refractivity contribution < 1.29 is 14.7 Å². The highest BCUT2D eigenvalue weighted by Crippen LogP contribution is 2.02. The van der Waals surface area contributed by atoms with Crippen LogP contribution in [0.2, 0.25) is 0 Å². The van der Waals surface area contributed by atoms with Crippen LogP contribution in [0.5, 0.6) is 0 Å². The number of carboxylic acid groups (broad SMARTS) is 1. The molecule has 5 nitrogen and oxygen atoms in total. The smallest absolute Gasteiger partial charge is 0.326 e. The van der Waals surface area contributed by atoms with Crippen molar-refractivity contribution in [2.75, 3.05) is 25.1 Å². The van der Waals surface area contributed by atoms with Crippen LogP contribution < -0.4 is 5.32 Å². The zero-order chi connectivity index (χ0) is 13.3. The molecular formula is C11H20N2O3S. The van der Waals surface area contributed by atoms with E-state index in [1.54, 1.807) is 17.8 Å². The van der Waals surface area contributed by atoms with Crippen molar-refractivity contribution in [3.63, 3.8) is 0 Å². The lowest BCUT2D eigenvalue weighted by Crippen LogP contribution is -2.48. The van der Waals surface area contributed by atoms with E-state index in [4.69, 9.17) is 5.11 Å². The number of hydrogen-bond acceptors (Lipinski definition) is 3. The van der Waals surface area contributed by atoms with Gasteiger partial charge in [0.15, 0.2) is 0 Å². The van der Waals surface area contributed by atoms with E-state index in [0.717, 1.165) is 0 Å². The van der Waals surface area contributed by atoms with Gasteiger partial charge in [-0.25, -0.2) is 9.59 Å². The molecule has 0 aliphatic rings. The van der Waals surface area contributed by atoms with Crippen molar-refractivity contribution in [2.45, 2.75) is 19.4 Å². The lowest BCUT2D eigenvalue weighted by atomic mass is 10.2. The summed E-state index contributed by atoms with van der Waals surface area (Å²) < 4.78 is 0. The van der Waals surface area contributed by atoms with Crippen LogP contribution in [0.3, 0.4) is 0 Å². The number of aliphatic carboxylic acids is 1. The highest BCUT2D eigenvalue weighted by Gasteiger charge is 2.21. The molecule has 0 spiro atoms. The molecule has 0 bridgehead atoms. The molecule has 0 rings (SSSR count). The first kappa shape index (κ1) is 15.8. The fraction of sp³-hybridized carbons (Fsp3) is 0.636. The molecule has 0 aromatic carbocycles. The van der Waals surface area contributed by atoms with Crippen molar-refractivity contribution in [3.05, 3.63) is 12.7 Å². The Labute approximate surface area is 106 Å². The Morgan fingerprint density at radius 1 is 1.59 bits per heavy atom. The monoisotopic (exact) mass is 260 g/mol. The lowest BCUT2D eigenvalue weighted by molar-refractivity contribution is -0.139. The van der Waals surface area contributed by atoms with Gasteiger partial charge in [0.05, 0.1) is 0 Å². The first-order valence-corrected chi connectivity index (χ1v) is 6.84. The van der Waals surface area contributed by atoms with E-state index >= 15 is 0 Å². The van der Waals surface area contributed by atoms with Crippen LogP contribution in [0.1, 0.15) is 13.3 Å². The van der Waals surface area contributed by atoms with Gasteiger partial charge in [0.1, 0.15) is 6.04 Å². The van der Waals surface area contributed by atoms with Crippen LogP contribution in [-0.2, 0) is 4.79 Å². The maximum absolute atomic E-state index is 11.7. The zero-order valence-corrected chi connectivity index (χ0v) is 11.1. The Bertz CT molecular complexity index is 271. The van der Waals surface area contributed by atoms with Gasteiger partial charge in [0.2, 0.25) is 0 Å². The summed E-state index contributed by atoms with van der Waals surface area (Å²) in [4.78, 5) is 24.2. The second kappa shape index (κ2) is 8.92. The minimum Gasteiger partial charge on any atom is -0.480 e. The van der Waals surface area contributed by atoms with Crippen molar-refractivity contribution in [2.24, 2.45) is 0 Å². The summed E-state index contributed by atoms with van der Waals surface area (Å²) in [5.41, 5.74) is 0. The van der Waals surface area contributed by atoms with Crippen LogP contribution in [0.4, 0.5) is 4.79 Å². The van der Waals surface area contributed by atoms with Crippen LogP contribution in [0, 0.1) is 0 Å². The first-order chi connectivity index (χ1) is 8.06. The Hall–Kier alpha value is -1.17. The van der Waals surface area contributed by atoms with Gasteiger partial charge in [0.25, 0.3) is 0 Å². The van der Waals surface area contributed by atoms with Gasteiger partial charge in [-0.15, -0.1) is 6.58 Å². The molecule has 2 amide bonds. The second-order valence-corrected chi connectivity index (χ2v) is 4.43. The average Bonchev–Trinajstić information content (AvgIpc) is 2.30. The molecule has 0 radical (unpaired) electrons. The first-order valence-electron chi connectivity index (χ1n) is 5.44. The van der Waals surface area contributed by atoms with Crippen molar-refractivity contribution in [1.29, 1.82) is 0 Å². The zero-order valence-electron chi connectivity index (χ0n) is 10.3. The van der Waals surface area contributed by atoms with Crippen molar-refractivity contribution >= 4 is 23.8 Å². The summed E-state index contributed by atoms with van der Waals surface area (Å²) in [6.07, 6.45) is 3.94. The van der Waals surface area contributed by atoms with E-state index < -0.39 is 12.0 Å². The van der Waals surface area contributed by atoms with Gasteiger partial charge in [-0.2, -0.15) is 11.8 Å². The predicted molar refractivity (Wildman–Crippen MR) is 70.4 cm³/mol. The summed E-state index contributed by atoms with van der Waals surface area (Å²) in [5, 5.41) is 11.5. The van der Waals surface area contributed by atoms with Gasteiger partial charge in [-0.1, -0.05) is 6.08 Å². The molecule has 0 aliphatic carbocycles. The predicted octanol–water partition coefficient (Wildman–Crippen LogP) is 1.41. The average molecular weight is 260 g/mol. The van der Waals surface area contributed by atoms with Gasteiger partial charge in [-0.05, 0) is 25.4 Å². The normalized spacial score (nSPS) is 11.6. The molecular weight excluding hydrogens is 240 g/mol. The lowest BCUT2D eigenvalue weighted by Gasteiger charge is -2.22. The maximum Gasteiger partial charge on any atom is 0.326 e. The van der Waals surface area contributed by atoms with E-state index in [0.29, 0.717) is 25.3 Å². The number of carboxylic acids is 1. The highest BCUT2D eigenvalue weighted by molar-refractivity contribution is 7.98. The molecule has 2 N–H and O–H groups in total. The Kier molecular flexibility index (Phi) is 8.31. The van der Waals surface area contributed by atoms with Crippen LogP contribution in [0.25, 0.3) is 0 Å². The number of rotatable bonds is 8. The highest BCUT2D eigenvalue weighted by atomic mass is 32.2. The molecule has 1 atom stereocenters. The van der Waals surface area contributed by atoms with Gasteiger partial charge in [-0.3, -0.25) is 0 Å². The van der Waals surface area contributed by atoms with Crippen LogP contribution in [0.15, 0.2) is 12.7 Å². The van der Waals surface area contributed by atoms with Crippen molar-refractivity contribution in [3.8, 4) is 0 Å². The number of nitrogens with one attached hydrogen (secondary N) is 1. The Morgan fingerprint density at radius 2 is 2.24 bits per heavy atom. The van der Waals surface area contributed by atoms with Crippen LogP contribution >= 0.6 is 11.8 Å². The van der Waals surface area contributed by atoms with Crippen LogP contribution in [-0.4, -0.2) is 53.1 Å². The van der Waals surface area contributed by atoms with E-state index in [2.05, 4.69) is 11.9 Å². The third-order valence-electron chi connectivity index (χ3n) is 2.22. The van der Waals surface area contributed by atoms with E-state index in [9.17, 15) is 9.59 Å². The molecule has 98 valence electrons. The third-order valence-corrected chi connectivity index (χ3v) is 2.87. The molecule has 1 unspecified atom stereocenters. The van der Waals surface area contributed by atoms with Gasteiger partial charge < -0.3 is 15.3 Å². The van der Waals surface area contributed by atoms with E-state index in [-0.39, 0.29) is 6.03 Å². The Morgan fingerprint density at radius 3 is 2.65 bits per heavy atom. The number of amides is 2. The number of thioether (sulfide) groups is 1. The summed E-state index contributed by atoms with van der Waals surface area (Å²) in [6, 6.07) is -1.19. The molecule has 0 fully saturated rings. The second-order valence-electron chi connectivity index (χ2n) is 3.45. The number of carbonyl (C=O) groups is 2. The quantitative estimate of drug-likeness (QED) is 0.647. The van der Waals surface area contributed by atoms with E-state index in [1.807, 2.05) is 13.2 Å². The topological polar surface area (TPSA) is 69.6 Å². The molecule has 0 aromatic heterocycles. The molecule has 0 heterocycles. The minimum atomic E-state index is -0.998. The molecule has 6 heteroatoms. The summed E-state index contributed by atoms with van der Waals surface area (Å²) in [6.45, 7) is 6.32. The molecule has 17 heavy (non-hydrogen) atoms. The molecule has 0 aliphatic heterocycles. The number of urea groups is 1. The summed E-state index contributed by atoms with van der Waals surface area (Å²) >= 11 is 1.55. The molecule has 0 saturated heterocycles. The summed E-state index contributed by atoms with van der Waals surface area (Å²) in [5.74, 6) is -0.299. The fourth-order valence-corrected chi connectivity index (χ4v) is 1.72. The number of carbonyl (C=O) groups excluding carboxylic acids is 1. The third kappa shape index (κ3) is 6.21. The summed E-state index contributed by atoms with van der Waals surface area (Å²) in [7, 11) is 0. The van der Waals surface area contributed by atoms with E-state index in [1.165, 1.54) is 4.90 Å². The SMILES string of the molecule is C=CCN(CC)C(=O)NC(CCSC)C(=O)O. The van der Waals surface area contributed by atoms with Gasteiger partial charge >= 0.3 is 12.0 Å². The standard InChI is InChI=1S/C11H20N2O3S/c1-4-7-13(5-2)11(16)12-9(10(14)15)6-8-17-3/h4,9H,1,5-8H2,2-3H3,(H,12,16)(H,14,15). The molecule has 0 saturated carbocycles. The Balaban J connectivity index is 4.36.